The van der Waals surface area contributed by atoms with Crippen LogP contribution in [0.25, 0.3) is 10.9 Å². The number of piperidine rings is 1. The molecule has 1 aromatic carbocycles. The Morgan fingerprint density at radius 3 is 2.80 bits per heavy atom. The molecule has 2 aliphatic rings. The molecular formula is C26H31N5O3S. The standard InChI is InChI=1S/C26H31N5O3S/c27-17-21-7-4-14-30(21)16-12-24(26(32)31-15-11-19-5-1-2-6-20(19)18-31)29-35(33,34)25-9-3-8-23-22(25)10-13-28-23/h3-4,7-10,13-14,19-20,24,28-29H,1-2,5-6,11-12,15-16,18H2. The van der Waals surface area contributed by atoms with Crippen molar-refractivity contribution in [1.82, 2.24) is 19.2 Å². The number of rotatable bonds is 7. The Kier molecular flexibility index (Phi) is 6.67. The smallest absolute Gasteiger partial charge is 0.241 e. The molecule has 3 atom stereocenters. The second-order valence-electron chi connectivity index (χ2n) is 9.73. The van der Waals surface area contributed by atoms with Crippen molar-refractivity contribution in [1.29, 1.82) is 5.26 Å². The van der Waals surface area contributed by atoms with Gasteiger partial charge in [-0.05, 0) is 61.4 Å². The van der Waals surface area contributed by atoms with Gasteiger partial charge in [-0.2, -0.15) is 9.98 Å². The number of aromatic nitrogens is 2. The number of amides is 1. The highest BCUT2D eigenvalue weighted by molar-refractivity contribution is 7.89. The van der Waals surface area contributed by atoms with E-state index in [0.29, 0.717) is 42.6 Å². The summed E-state index contributed by atoms with van der Waals surface area (Å²) in [4.78, 5) is 18.8. The second-order valence-corrected chi connectivity index (χ2v) is 11.4. The lowest BCUT2D eigenvalue weighted by atomic mass is 9.75. The molecule has 0 bridgehead atoms. The topological polar surface area (TPSA) is 111 Å². The van der Waals surface area contributed by atoms with Crippen LogP contribution >= 0.6 is 0 Å². The van der Waals surface area contributed by atoms with Crippen LogP contribution in [-0.4, -0.2) is 47.9 Å². The number of hydrogen-bond acceptors (Lipinski definition) is 4. The highest BCUT2D eigenvalue weighted by atomic mass is 32.2. The number of carbonyl (C=O) groups is 1. The van der Waals surface area contributed by atoms with Crippen molar-refractivity contribution in [3.63, 3.8) is 0 Å². The Morgan fingerprint density at radius 2 is 1.97 bits per heavy atom. The molecular weight excluding hydrogens is 462 g/mol. The lowest BCUT2D eigenvalue weighted by molar-refractivity contribution is -0.136. The molecule has 9 heteroatoms. The van der Waals surface area contributed by atoms with Crippen LogP contribution in [0.5, 0.6) is 0 Å². The third kappa shape index (κ3) is 4.86. The maximum absolute atomic E-state index is 13.7. The minimum Gasteiger partial charge on any atom is -0.361 e. The number of nitrogens with zero attached hydrogens (tertiary/aromatic N) is 3. The number of likely N-dealkylation sites (tertiary alicyclic amines) is 1. The van der Waals surface area contributed by atoms with E-state index in [-0.39, 0.29) is 17.2 Å². The fourth-order valence-corrected chi connectivity index (χ4v) is 7.22. The third-order valence-electron chi connectivity index (χ3n) is 7.65. The average molecular weight is 494 g/mol. The zero-order valence-electron chi connectivity index (χ0n) is 19.7. The normalized spacial score (nSPS) is 21.4. The van der Waals surface area contributed by atoms with Crippen LogP contribution < -0.4 is 4.72 Å². The predicted molar refractivity (Wildman–Crippen MR) is 133 cm³/mol. The van der Waals surface area contributed by atoms with Crippen molar-refractivity contribution < 1.29 is 13.2 Å². The summed E-state index contributed by atoms with van der Waals surface area (Å²) in [5, 5.41) is 9.94. The van der Waals surface area contributed by atoms with Gasteiger partial charge < -0.3 is 14.5 Å². The highest BCUT2D eigenvalue weighted by Crippen LogP contribution is 2.36. The van der Waals surface area contributed by atoms with E-state index in [0.717, 1.165) is 18.4 Å². The minimum atomic E-state index is -3.96. The van der Waals surface area contributed by atoms with E-state index >= 15 is 0 Å². The van der Waals surface area contributed by atoms with Crippen LogP contribution in [0.3, 0.4) is 0 Å². The van der Waals surface area contributed by atoms with Crippen molar-refractivity contribution in [3.8, 4) is 6.07 Å². The van der Waals surface area contributed by atoms with Gasteiger partial charge in [-0.3, -0.25) is 4.79 Å². The summed E-state index contributed by atoms with van der Waals surface area (Å²) in [6.07, 6.45) is 9.55. The lowest BCUT2D eigenvalue weighted by Crippen LogP contribution is -2.53. The SMILES string of the molecule is N#Cc1cccn1CCC(NS(=O)(=O)c1cccc2[nH]ccc12)C(=O)N1CCC2CCCCC2C1. The lowest BCUT2D eigenvalue weighted by Gasteiger charge is -2.42. The molecule has 1 aliphatic carbocycles. The summed E-state index contributed by atoms with van der Waals surface area (Å²) in [7, 11) is -3.96. The molecule has 0 radical (unpaired) electrons. The molecule has 0 spiro atoms. The summed E-state index contributed by atoms with van der Waals surface area (Å²) in [6, 6.07) is 11.5. The molecule has 1 saturated carbocycles. The van der Waals surface area contributed by atoms with E-state index in [9.17, 15) is 18.5 Å². The summed E-state index contributed by atoms with van der Waals surface area (Å²) >= 11 is 0. The zero-order valence-corrected chi connectivity index (χ0v) is 20.5. The summed E-state index contributed by atoms with van der Waals surface area (Å²) < 4.78 is 31.5. The molecule has 1 amide bonds. The van der Waals surface area contributed by atoms with Crippen molar-refractivity contribution in [3.05, 3.63) is 54.5 Å². The number of aryl methyl sites for hydroxylation is 1. The second kappa shape index (κ2) is 9.88. The van der Waals surface area contributed by atoms with Gasteiger partial charge in [0.05, 0.1) is 4.90 Å². The van der Waals surface area contributed by atoms with Crippen molar-refractivity contribution in [2.75, 3.05) is 13.1 Å². The number of hydrogen-bond donors (Lipinski definition) is 2. The maximum Gasteiger partial charge on any atom is 0.241 e. The summed E-state index contributed by atoms with van der Waals surface area (Å²) in [5.41, 5.74) is 1.21. The van der Waals surface area contributed by atoms with Crippen molar-refractivity contribution in [2.24, 2.45) is 11.8 Å². The first-order valence-electron chi connectivity index (χ1n) is 12.4. The van der Waals surface area contributed by atoms with Crippen LogP contribution in [0, 0.1) is 23.2 Å². The van der Waals surface area contributed by atoms with Crippen molar-refractivity contribution >= 4 is 26.8 Å². The third-order valence-corrected chi connectivity index (χ3v) is 9.18. The molecule has 2 N–H and O–H groups in total. The van der Waals surface area contributed by atoms with Gasteiger partial charge >= 0.3 is 0 Å². The number of nitrogens with one attached hydrogen (secondary N) is 2. The van der Waals surface area contributed by atoms with E-state index in [1.807, 2.05) is 11.0 Å². The van der Waals surface area contributed by atoms with Crippen LogP contribution in [0.15, 0.2) is 53.7 Å². The first-order chi connectivity index (χ1) is 17.0. The predicted octanol–water partition coefficient (Wildman–Crippen LogP) is 3.62. The number of carbonyl (C=O) groups excluding carboxylic acids is 1. The van der Waals surface area contributed by atoms with E-state index < -0.39 is 16.1 Å². The molecule has 35 heavy (non-hydrogen) atoms. The van der Waals surface area contributed by atoms with Crippen LogP contribution in [-0.2, 0) is 21.4 Å². The molecule has 1 aliphatic heterocycles. The fourth-order valence-electron chi connectivity index (χ4n) is 5.77. The Hall–Kier alpha value is -3.09. The Labute approximate surface area is 206 Å². The number of H-pyrrole nitrogens is 1. The van der Waals surface area contributed by atoms with Crippen LogP contribution in [0.1, 0.15) is 44.2 Å². The highest BCUT2D eigenvalue weighted by Gasteiger charge is 2.36. The molecule has 2 aromatic heterocycles. The van der Waals surface area contributed by atoms with E-state index in [1.54, 1.807) is 47.3 Å². The number of nitriles is 1. The maximum atomic E-state index is 13.7. The molecule has 8 nitrogen and oxygen atoms in total. The number of sulfonamides is 1. The molecule has 3 aromatic rings. The zero-order chi connectivity index (χ0) is 24.4. The molecule has 5 rings (SSSR count). The fraction of sp³-hybridized carbons (Fsp3) is 0.462. The monoisotopic (exact) mass is 493 g/mol. The van der Waals surface area contributed by atoms with Gasteiger partial charge in [-0.1, -0.05) is 25.3 Å². The minimum absolute atomic E-state index is 0.152. The molecule has 3 unspecified atom stereocenters. The summed E-state index contributed by atoms with van der Waals surface area (Å²) in [5.74, 6) is 0.999. The largest absolute Gasteiger partial charge is 0.361 e. The first kappa shape index (κ1) is 23.6. The first-order valence-corrected chi connectivity index (χ1v) is 13.9. The Balaban J connectivity index is 1.40. The van der Waals surface area contributed by atoms with E-state index in [1.165, 1.54) is 19.3 Å². The van der Waals surface area contributed by atoms with Gasteiger partial charge in [-0.25, -0.2) is 8.42 Å². The Morgan fingerprint density at radius 1 is 1.14 bits per heavy atom. The molecule has 184 valence electrons. The van der Waals surface area contributed by atoms with E-state index in [2.05, 4.69) is 15.8 Å². The number of aromatic amines is 1. The molecule has 3 heterocycles. The molecule has 2 fully saturated rings. The molecule has 1 saturated heterocycles. The summed E-state index contributed by atoms with van der Waals surface area (Å²) in [6.45, 7) is 1.73. The average Bonchev–Trinajstić information content (AvgIpc) is 3.54. The van der Waals surface area contributed by atoms with E-state index in [4.69, 9.17) is 0 Å². The number of benzene rings is 1. The van der Waals surface area contributed by atoms with Crippen LogP contribution in [0.2, 0.25) is 0 Å². The van der Waals surface area contributed by atoms with Crippen LogP contribution in [0.4, 0.5) is 0 Å². The van der Waals surface area contributed by atoms with Crippen molar-refractivity contribution in [2.45, 2.75) is 56.0 Å². The van der Waals surface area contributed by atoms with Gasteiger partial charge in [-0.15, -0.1) is 0 Å². The quantitative estimate of drug-likeness (QED) is 0.524. The van der Waals surface area contributed by atoms with Gasteiger partial charge in [0.15, 0.2) is 0 Å². The van der Waals surface area contributed by atoms with Gasteiger partial charge in [0.2, 0.25) is 15.9 Å². The Bertz CT molecular complexity index is 1350. The van der Waals surface area contributed by atoms with Gasteiger partial charge in [0.1, 0.15) is 17.8 Å². The van der Waals surface area contributed by atoms with Gasteiger partial charge in [0, 0.05) is 42.9 Å². The van der Waals surface area contributed by atoms with Gasteiger partial charge in [0.25, 0.3) is 0 Å². The number of fused-ring (bicyclic) bond motifs is 2.